The van der Waals surface area contributed by atoms with Crippen LogP contribution in [0.2, 0.25) is 0 Å². The molecule has 0 spiro atoms. The molecular formula is C32H44N2O3S. The highest BCUT2D eigenvalue weighted by Gasteiger charge is 2.12. The molecule has 0 atom stereocenters. The van der Waals surface area contributed by atoms with Gasteiger partial charge in [0.05, 0.1) is 10.1 Å². The minimum absolute atomic E-state index is 0.318. The summed E-state index contributed by atoms with van der Waals surface area (Å²) in [5.74, 6) is -0.334. The zero-order valence-electron chi connectivity index (χ0n) is 23.1. The smallest absolute Gasteiger partial charge is 0.169 e. The lowest BCUT2D eigenvalue weighted by Gasteiger charge is -2.27. The first-order valence-electron chi connectivity index (χ1n) is 14.3. The van der Waals surface area contributed by atoms with Crippen LogP contribution in [0.25, 0.3) is 22.9 Å². The van der Waals surface area contributed by atoms with E-state index in [1.54, 1.807) is 0 Å². The fourth-order valence-electron chi connectivity index (χ4n) is 4.88. The van der Waals surface area contributed by atoms with Crippen molar-refractivity contribution in [2.75, 3.05) is 23.7 Å². The van der Waals surface area contributed by atoms with Crippen LogP contribution in [-0.4, -0.2) is 31.8 Å². The first kappa shape index (κ1) is 29.9. The van der Waals surface area contributed by atoms with Crippen LogP contribution < -0.4 is 9.47 Å². The SMILES string of the molecule is CCCCCCN(CCCCCC)c1ccc(/C=C/c2cc[n+](CCCS(=O)(=O)[O-])cc2)c2ccccc12. The maximum Gasteiger partial charge on any atom is 0.169 e. The number of fused-ring (bicyclic) bond motifs is 1. The van der Waals surface area contributed by atoms with Crippen LogP contribution in [0.1, 0.15) is 82.8 Å². The highest BCUT2D eigenvalue weighted by molar-refractivity contribution is 7.85. The van der Waals surface area contributed by atoms with Gasteiger partial charge in [0.1, 0.15) is 6.54 Å². The Morgan fingerprint density at radius 1 is 0.763 bits per heavy atom. The topological polar surface area (TPSA) is 64.3 Å². The van der Waals surface area contributed by atoms with Crippen molar-refractivity contribution in [3.8, 4) is 0 Å². The van der Waals surface area contributed by atoms with Gasteiger partial charge in [-0.15, -0.1) is 0 Å². The fourth-order valence-corrected chi connectivity index (χ4v) is 5.36. The molecule has 206 valence electrons. The highest BCUT2D eigenvalue weighted by atomic mass is 32.2. The Hall–Kier alpha value is -2.70. The van der Waals surface area contributed by atoms with Crippen LogP contribution >= 0.6 is 0 Å². The molecular weight excluding hydrogens is 492 g/mol. The molecule has 3 aromatic rings. The van der Waals surface area contributed by atoms with E-state index in [9.17, 15) is 13.0 Å². The predicted molar refractivity (Wildman–Crippen MR) is 159 cm³/mol. The van der Waals surface area contributed by atoms with Gasteiger partial charge in [-0.3, -0.25) is 0 Å². The van der Waals surface area contributed by atoms with E-state index in [2.05, 4.69) is 67.3 Å². The summed E-state index contributed by atoms with van der Waals surface area (Å²) in [5.41, 5.74) is 3.60. The van der Waals surface area contributed by atoms with Crippen LogP contribution in [-0.2, 0) is 16.7 Å². The minimum atomic E-state index is -4.16. The number of nitrogens with zero attached hydrogens (tertiary/aromatic N) is 2. The largest absolute Gasteiger partial charge is 0.748 e. The summed E-state index contributed by atoms with van der Waals surface area (Å²) in [4.78, 5) is 2.61. The molecule has 1 aromatic heterocycles. The number of unbranched alkanes of at least 4 members (excludes halogenated alkanes) is 6. The lowest BCUT2D eigenvalue weighted by Crippen LogP contribution is -2.33. The Bertz CT molecular complexity index is 1240. The van der Waals surface area contributed by atoms with E-state index >= 15 is 0 Å². The molecule has 6 heteroatoms. The zero-order chi connectivity index (χ0) is 27.2. The van der Waals surface area contributed by atoms with Crippen molar-refractivity contribution in [3.05, 3.63) is 72.1 Å². The Morgan fingerprint density at radius 3 is 2.00 bits per heavy atom. The molecule has 5 nitrogen and oxygen atoms in total. The van der Waals surface area contributed by atoms with E-state index in [-0.39, 0.29) is 5.75 Å². The number of anilines is 1. The molecule has 0 bridgehead atoms. The van der Waals surface area contributed by atoms with Crippen LogP contribution in [0, 0.1) is 0 Å². The highest BCUT2D eigenvalue weighted by Crippen LogP contribution is 2.31. The molecule has 0 fully saturated rings. The third-order valence-electron chi connectivity index (χ3n) is 7.02. The van der Waals surface area contributed by atoms with Crippen LogP contribution in [0.15, 0.2) is 60.9 Å². The Labute approximate surface area is 230 Å². The van der Waals surface area contributed by atoms with E-state index in [1.807, 2.05) is 29.1 Å². The van der Waals surface area contributed by atoms with Gasteiger partial charge in [-0.2, -0.15) is 0 Å². The number of aryl methyl sites for hydroxylation is 1. The normalized spacial score (nSPS) is 12.0. The van der Waals surface area contributed by atoms with Crippen LogP contribution in [0.4, 0.5) is 5.69 Å². The van der Waals surface area contributed by atoms with Gasteiger partial charge in [0.2, 0.25) is 0 Å². The standard InChI is InChI=1S/C32H44N2O3S/c1-3-5-7-11-23-34(24-12-8-6-4-2)32-19-18-29(30-14-9-10-15-31(30)32)17-16-28-20-25-33(26-21-28)22-13-27-38(35,36)37/h9-10,14-21,25-26H,3-8,11-13,22-24,27H2,1-2H3. The lowest BCUT2D eigenvalue weighted by molar-refractivity contribution is -0.696. The Balaban J connectivity index is 1.76. The zero-order valence-corrected chi connectivity index (χ0v) is 24.0. The van der Waals surface area contributed by atoms with Crippen LogP contribution in [0.3, 0.4) is 0 Å². The Kier molecular flexibility index (Phi) is 12.3. The number of rotatable bonds is 17. The average Bonchev–Trinajstić information content (AvgIpc) is 2.91. The summed E-state index contributed by atoms with van der Waals surface area (Å²) in [6.45, 7) is 7.25. The maximum absolute atomic E-state index is 10.8. The van der Waals surface area contributed by atoms with Gasteiger partial charge in [-0.1, -0.05) is 94.9 Å². The average molecular weight is 537 g/mol. The minimum Gasteiger partial charge on any atom is -0.748 e. The van der Waals surface area contributed by atoms with E-state index in [4.69, 9.17) is 0 Å². The van der Waals surface area contributed by atoms with Crippen molar-refractivity contribution < 1.29 is 17.5 Å². The molecule has 2 aromatic carbocycles. The van der Waals surface area contributed by atoms with Crippen molar-refractivity contribution in [1.29, 1.82) is 0 Å². The second kappa shape index (κ2) is 15.6. The molecule has 0 N–H and O–H groups in total. The fraction of sp³-hybridized carbons (Fsp3) is 0.469. The van der Waals surface area contributed by atoms with Crippen molar-refractivity contribution >= 4 is 38.7 Å². The van der Waals surface area contributed by atoms with Gasteiger partial charge >= 0.3 is 0 Å². The van der Waals surface area contributed by atoms with Gasteiger partial charge in [0, 0.05) is 48.5 Å². The van der Waals surface area contributed by atoms with Gasteiger partial charge in [0.25, 0.3) is 0 Å². The predicted octanol–water partition coefficient (Wildman–Crippen LogP) is 7.20. The van der Waals surface area contributed by atoms with Gasteiger partial charge in [-0.25, -0.2) is 13.0 Å². The molecule has 0 aliphatic heterocycles. The quantitative estimate of drug-likeness (QED) is 0.104. The third-order valence-corrected chi connectivity index (χ3v) is 7.81. The molecule has 0 amide bonds. The van der Waals surface area contributed by atoms with Crippen molar-refractivity contribution in [1.82, 2.24) is 0 Å². The van der Waals surface area contributed by atoms with E-state index in [0.29, 0.717) is 13.0 Å². The van der Waals surface area contributed by atoms with E-state index in [0.717, 1.165) is 18.7 Å². The first-order chi connectivity index (χ1) is 18.4. The van der Waals surface area contributed by atoms with Gasteiger partial charge < -0.3 is 9.45 Å². The molecule has 1 heterocycles. The number of pyridine rings is 1. The van der Waals surface area contributed by atoms with Crippen LogP contribution in [0.5, 0.6) is 0 Å². The van der Waals surface area contributed by atoms with Crippen molar-refractivity contribution in [2.45, 2.75) is 78.2 Å². The molecule has 0 saturated heterocycles. The summed E-state index contributed by atoms with van der Waals surface area (Å²) >= 11 is 0. The number of hydrogen-bond donors (Lipinski definition) is 0. The second-order valence-electron chi connectivity index (χ2n) is 10.1. The molecule has 0 radical (unpaired) electrons. The van der Waals surface area contributed by atoms with Gasteiger partial charge in [0.15, 0.2) is 12.4 Å². The molecule has 0 saturated carbocycles. The number of hydrogen-bond acceptors (Lipinski definition) is 4. The third kappa shape index (κ3) is 9.88. The summed E-state index contributed by atoms with van der Waals surface area (Å²) < 4.78 is 34.3. The van der Waals surface area contributed by atoms with Crippen molar-refractivity contribution in [2.24, 2.45) is 0 Å². The number of benzene rings is 2. The second-order valence-corrected chi connectivity index (χ2v) is 11.7. The first-order valence-corrected chi connectivity index (χ1v) is 15.9. The number of aromatic nitrogens is 1. The summed E-state index contributed by atoms with van der Waals surface area (Å²) in [7, 11) is -4.16. The summed E-state index contributed by atoms with van der Waals surface area (Å²) in [6, 6.07) is 17.3. The summed E-state index contributed by atoms with van der Waals surface area (Å²) in [5, 5.41) is 2.57. The molecule has 0 aliphatic carbocycles. The Morgan fingerprint density at radius 2 is 1.39 bits per heavy atom. The molecule has 3 rings (SSSR count). The molecule has 0 aliphatic rings. The molecule has 38 heavy (non-hydrogen) atoms. The molecule has 0 unspecified atom stereocenters. The maximum atomic E-state index is 10.8. The van der Waals surface area contributed by atoms with Crippen molar-refractivity contribution in [3.63, 3.8) is 0 Å². The van der Waals surface area contributed by atoms with E-state index < -0.39 is 10.1 Å². The monoisotopic (exact) mass is 536 g/mol. The van der Waals surface area contributed by atoms with Gasteiger partial charge in [-0.05, 0) is 35.4 Å². The van der Waals surface area contributed by atoms with E-state index in [1.165, 1.54) is 73.4 Å². The lowest BCUT2D eigenvalue weighted by atomic mass is 10.0. The summed E-state index contributed by atoms with van der Waals surface area (Å²) in [6.07, 6.45) is 18.6.